The van der Waals surface area contributed by atoms with E-state index in [4.69, 9.17) is 11.6 Å². The summed E-state index contributed by atoms with van der Waals surface area (Å²) in [6, 6.07) is 16.2. The maximum absolute atomic E-state index is 13.6. The van der Waals surface area contributed by atoms with Gasteiger partial charge in [0, 0.05) is 5.69 Å². The molecule has 2 amide bonds. The smallest absolute Gasteiger partial charge is 0.282 e. The van der Waals surface area contributed by atoms with Crippen molar-refractivity contribution >= 4 is 40.4 Å². The Balaban J connectivity index is 1.83. The number of amides is 2. The number of carbonyl (C=O) groups is 2. The highest BCUT2D eigenvalue weighted by molar-refractivity contribution is 6.46. The molecule has 3 aromatic rings. The molecule has 1 heterocycles. The van der Waals surface area contributed by atoms with E-state index >= 15 is 0 Å². The molecule has 1 aliphatic heterocycles. The summed E-state index contributed by atoms with van der Waals surface area (Å²) in [6.07, 6.45) is 0. The maximum atomic E-state index is 13.6. The highest BCUT2D eigenvalue weighted by atomic mass is 35.5. The fourth-order valence-electron chi connectivity index (χ4n) is 3.26. The first-order valence-corrected chi connectivity index (χ1v) is 9.40. The normalized spacial score (nSPS) is 13.9. The van der Waals surface area contributed by atoms with Crippen molar-refractivity contribution in [2.24, 2.45) is 0 Å². The lowest BCUT2D eigenvalue weighted by molar-refractivity contribution is -0.120. The number of anilines is 2. The molecule has 0 aliphatic carbocycles. The van der Waals surface area contributed by atoms with E-state index in [0.717, 1.165) is 16.5 Å². The molecule has 0 spiro atoms. The van der Waals surface area contributed by atoms with Crippen LogP contribution in [0.25, 0.3) is 5.57 Å². The average Bonchev–Trinajstić information content (AvgIpc) is 2.95. The number of aryl methyl sites for hydroxylation is 1. The number of nitrogens with zero attached hydrogens (tertiary/aromatic N) is 1. The lowest BCUT2D eigenvalue weighted by atomic mass is 10.0. The highest BCUT2D eigenvalue weighted by Gasteiger charge is 2.40. The van der Waals surface area contributed by atoms with Crippen molar-refractivity contribution < 1.29 is 18.4 Å². The van der Waals surface area contributed by atoms with E-state index in [9.17, 15) is 18.4 Å². The Morgan fingerprint density at radius 3 is 2.30 bits per heavy atom. The van der Waals surface area contributed by atoms with Crippen molar-refractivity contribution in [3.8, 4) is 0 Å². The molecular formula is C23H15ClF2N2O2. The van der Waals surface area contributed by atoms with Crippen molar-refractivity contribution in [1.82, 2.24) is 0 Å². The van der Waals surface area contributed by atoms with Gasteiger partial charge in [0.2, 0.25) is 0 Å². The van der Waals surface area contributed by atoms with Crippen LogP contribution < -0.4 is 10.2 Å². The van der Waals surface area contributed by atoms with Crippen molar-refractivity contribution in [2.45, 2.75) is 6.92 Å². The molecule has 4 rings (SSSR count). The molecule has 0 radical (unpaired) electrons. The van der Waals surface area contributed by atoms with Gasteiger partial charge >= 0.3 is 0 Å². The van der Waals surface area contributed by atoms with Crippen LogP contribution in [0.3, 0.4) is 0 Å². The summed E-state index contributed by atoms with van der Waals surface area (Å²) in [5.41, 5.74) is 2.21. The van der Waals surface area contributed by atoms with Gasteiger partial charge in [-0.15, -0.1) is 0 Å². The number of halogens is 3. The lowest BCUT2D eigenvalue weighted by Crippen LogP contribution is -2.32. The minimum absolute atomic E-state index is 0.0395. The van der Waals surface area contributed by atoms with Crippen LogP contribution in [0.4, 0.5) is 20.2 Å². The molecule has 7 heteroatoms. The molecule has 0 saturated carbocycles. The molecule has 0 bridgehead atoms. The van der Waals surface area contributed by atoms with Gasteiger partial charge in [-0.05, 0) is 60.5 Å². The zero-order valence-electron chi connectivity index (χ0n) is 15.7. The highest BCUT2D eigenvalue weighted by Crippen LogP contribution is 2.35. The fraction of sp³-hybridized carbons (Fsp3) is 0.0435. The first-order chi connectivity index (χ1) is 14.3. The second kappa shape index (κ2) is 7.72. The summed E-state index contributed by atoms with van der Waals surface area (Å²) < 4.78 is 27.0. The van der Waals surface area contributed by atoms with Crippen LogP contribution in [0.1, 0.15) is 11.1 Å². The van der Waals surface area contributed by atoms with E-state index in [1.165, 1.54) is 36.4 Å². The van der Waals surface area contributed by atoms with Crippen LogP contribution in [0, 0.1) is 18.6 Å². The van der Waals surface area contributed by atoms with Gasteiger partial charge in [0.25, 0.3) is 11.8 Å². The minimum atomic E-state index is -0.663. The molecule has 3 aromatic carbocycles. The minimum Gasteiger partial charge on any atom is -0.350 e. The van der Waals surface area contributed by atoms with Crippen molar-refractivity contribution in [3.05, 3.63) is 100 Å². The van der Waals surface area contributed by atoms with Gasteiger partial charge in [0.05, 0.1) is 16.3 Å². The van der Waals surface area contributed by atoms with Gasteiger partial charge in [-0.2, -0.15) is 0 Å². The van der Waals surface area contributed by atoms with Crippen molar-refractivity contribution in [1.29, 1.82) is 0 Å². The summed E-state index contributed by atoms with van der Waals surface area (Å²) in [6.45, 7) is 1.90. The van der Waals surface area contributed by atoms with E-state index < -0.39 is 23.4 Å². The van der Waals surface area contributed by atoms with Crippen molar-refractivity contribution in [3.63, 3.8) is 0 Å². The summed E-state index contributed by atoms with van der Waals surface area (Å²) in [5, 5.41) is 2.81. The Morgan fingerprint density at radius 2 is 1.63 bits per heavy atom. The van der Waals surface area contributed by atoms with Crippen LogP contribution in [0.15, 0.2) is 72.4 Å². The molecule has 0 saturated heterocycles. The third-order valence-corrected chi connectivity index (χ3v) is 4.96. The van der Waals surface area contributed by atoms with Gasteiger partial charge in [0.1, 0.15) is 17.3 Å². The van der Waals surface area contributed by atoms with Crippen molar-refractivity contribution in [2.75, 3.05) is 10.2 Å². The number of imide groups is 1. The summed E-state index contributed by atoms with van der Waals surface area (Å²) in [4.78, 5) is 27.4. The molecule has 0 fully saturated rings. The number of hydrogen-bond donors (Lipinski definition) is 1. The number of carbonyl (C=O) groups excluding carboxylic acids is 2. The summed E-state index contributed by atoms with van der Waals surface area (Å²) in [5.74, 6) is -2.37. The zero-order valence-corrected chi connectivity index (χ0v) is 16.5. The predicted octanol–water partition coefficient (Wildman–Crippen LogP) is 5.32. The summed E-state index contributed by atoms with van der Waals surface area (Å²) >= 11 is 5.85. The van der Waals surface area contributed by atoms with Crippen LogP contribution in [-0.4, -0.2) is 11.8 Å². The number of nitrogens with one attached hydrogen (secondary N) is 1. The van der Waals surface area contributed by atoms with Gasteiger partial charge in [-0.3, -0.25) is 9.59 Å². The number of rotatable bonds is 4. The van der Waals surface area contributed by atoms with E-state index in [1.807, 2.05) is 25.1 Å². The topological polar surface area (TPSA) is 49.4 Å². The van der Waals surface area contributed by atoms with Crippen LogP contribution >= 0.6 is 11.6 Å². The van der Waals surface area contributed by atoms with Gasteiger partial charge < -0.3 is 5.32 Å². The molecule has 4 nitrogen and oxygen atoms in total. The Hall–Kier alpha value is -3.51. The summed E-state index contributed by atoms with van der Waals surface area (Å²) in [7, 11) is 0. The first-order valence-electron chi connectivity index (χ1n) is 9.03. The third kappa shape index (κ3) is 3.57. The Labute approximate surface area is 176 Å². The monoisotopic (exact) mass is 424 g/mol. The SMILES string of the molecule is Cc1cccc(NC2=C(c3ccc(F)cc3)C(=O)N(c3ccc(F)c(Cl)c3)C2=O)c1. The molecule has 30 heavy (non-hydrogen) atoms. The Kier molecular flexibility index (Phi) is 5.10. The molecule has 150 valence electrons. The largest absolute Gasteiger partial charge is 0.350 e. The molecule has 0 aromatic heterocycles. The molecule has 1 N–H and O–H groups in total. The van der Waals surface area contributed by atoms with Gasteiger partial charge in [0.15, 0.2) is 0 Å². The second-order valence-corrected chi connectivity index (χ2v) is 7.20. The quantitative estimate of drug-likeness (QED) is 0.576. The Morgan fingerprint density at radius 1 is 0.900 bits per heavy atom. The fourth-order valence-corrected chi connectivity index (χ4v) is 3.43. The Bertz CT molecular complexity index is 1210. The second-order valence-electron chi connectivity index (χ2n) is 6.80. The molecule has 0 unspecified atom stereocenters. The van der Waals surface area contributed by atoms with Crippen LogP contribution in [-0.2, 0) is 9.59 Å². The van der Waals surface area contributed by atoms with E-state index in [0.29, 0.717) is 11.3 Å². The zero-order chi connectivity index (χ0) is 21.4. The number of hydrogen-bond acceptors (Lipinski definition) is 3. The van der Waals surface area contributed by atoms with E-state index in [1.54, 1.807) is 6.07 Å². The standard InChI is InChI=1S/C23H15ClF2N2O2/c1-13-3-2-4-16(11-13)27-21-20(14-5-7-15(25)8-6-14)22(29)28(23(21)30)17-9-10-19(26)18(24)12-17/h2-12,27H,1H3. The maximum Gasteiger partial charge on any atom is 0.282 e. The van der Waals surface area contributed by atoms with Gasteiger partial charge in [-0.25, -0.2) is 13.7 Å². The molecule has 0 atom stereocenters. The van der Waals surface area contributed by atoms with E-state index in [2.05, 4.69) is 5.32 Å². The molecular weight excluding hydrogens is 410 g/mol. The van der Waals surface area contributed by atoms with Crippen LogP contribution in [0.5, 0.6) is 0 Å². The molecule has 1 aliphatic rings. The third-order valence-electron chi connectivity index (χ3n) is 4.67. The predicted molar refractivity (Wildman–Crippen MR) is 112 cm³/mol. The van der Waals surface area contributed by atoms with E-state index in [-0.39, 0.29) is 22.0 Å². The average molecular weight is 425 g/mol. The first kappa shape index (κ1) is 19.8. The lowest BCUT2D eigenvalue weighted by Gasteiger charge is -2.16. The van der Waals surface area contributed by atoms with Gasteiger partial charge in [-0.1, -0.05) is 35.9 Å². The number of benzene rings is 3. The van der Waals surface area contributed by atoms with Crippen LogP contribution in [0.2, 0.25) is 5.02 Å².